The summed E-state index contributed by atoms with van der Waals surface area (Å²) in [6, 6.07) is 21.5. The second kappa shape index (κ2) is 28.8. The van der Waals surface area contributed by atoms with Crippen LogP contribution in [-0.2, 0) is 28.6 Å². The molecule has 7 rings (SSSR count). The molecule has 0 bridgehead atoms. The van der Waals surface area contributed by atoms with E-state index in [2.05, 4.69) is 38.6 Å². The van der Waals surface area contributed by atoms with Gasteiger partial charge in [-0.1, -0.05) is 94.9 Å². The summed E-state index contributed by atoms with van der Waals surface area (Å²) < 4.78 is 34.7. The Labute approximate surface area is 425 Å². The summed E-state index contributed by atoms with van der Waals surface area (Å²) in [5, 5.41) is 7.99. The van der Waals surface area contributed by atoms with E-state index in [1.54, 1.807) is 35.6 Å². The zero-order valence-corrected chi connectivity index (χ0v) is 43.1. The molecule has 71 heavy (non-hydrogen) atoms. The second-order valence-electron chi connectivity index (χ2n) is 19.7. The lowest BCUT2D eigenvalue weighted by Gasteiger charge is -2.38. The number of para-hydroxylation sites is 1. The van der Waals surface area contributed by atoms with Gasteiger partial charge in [-0.25, -0.2) is 14.8 Å². The van der Waals surface area contributed by atoms with Gasteiger partial charge in [0.25, 0.3) is 0 Å². The van der Waals surface area contributed by atoms with Gasteiger partial charge in [-0.15, -0.1) is 0 Å². The molecule has 0 radical (unpaired) electrons. The van der Waals surface area contributed by atoms with Crippen LogP contribution in [0.3, 0.4) is 0 Å². The molecule has 0 amide bonds. The van der Waals surface area contributed by atoms with Crippen LogP contribution in [0.2, 0.25) is 0 Å². The third-order valence-corrected chi connectivity index (χ3v) is 15.8. The number of ether oxygens (including phenoxy) is 6. The highest BCUT2D eigenvalue weighted by atomic mass is 32.1. The van der Waals surface area contributed by atoms with Crippen LogP contribution >= 0.6 is 11.3 Å². The lowest BCUT2D eigenvalue weighted by atomic mass is 9.68. The first-order chi connectivity index (χ1) is 34.8. The molecule has 0 saturated heterocycles. The van der Waals surface area contributed by atoms with Gasteiger partial charge in [0, 0.05) is 18.2 Å². The number of hydrazone groups is 1. The Morgan fingerprint density at radius 1 is 0.704 bits per heavy atom. The Kier molecular flexibility index (Phi) is 21.8. The highest BCUT2D eigenvalue weighted by molar-refractivity contribution is 7.22. The number of nitrogens with zero attached hydrogens (tertiary/aromatic N) is 3. The smallest absolute Gasteiger partial charge is 0.330 e. The van der Waals surface area contributed by atoms with Crippen molar-refractivity contribution >= 4 is 50.8 Å². The van der Waals surface area contributed by atoms with Crippen molar-refractivity contribution in [3.63, 3.8) is 0 Å². The number of aromatic nitrogens is 1. The normalized spacial score (nSPS) is 21.4. The Hall–Kier alpha value is -5.11. The van der Waals surface area contributed by atoms with Gasteiger partial charge in [0.05, 0.1) is 54.7 Å². The quantitative estimate of drug-likeness (QED) is 0.0141. The maximum absolute atomic E-state index is 14.0. The molecule has 3 aromatic carbocycles. The van der Waals surface area contributed by atoms with Crippen molar-refractivity contribution in [2.75, 3.05) is 51.2 Å². The number of carbonyl (C=O) groups excluding carboxylic acids is 3. The molecule has 3 saturated carbocycles. The Morgan fingerprint density at radius 3 is 2.03 bits per heavy atom. The van der Waals surface area contributed by atoms with E-state index >= 15 is 0 Å². The van der Waals surface area contributed by atoms with Crippen LogP contribution in [0.25, 0.3) is 10.2 Å². The number of thiazole rings is 1. The predicted molar refractivity (Wildman–Crippen MR) is 282 cm³/mol. The van der Waals surface area contributed by atoms with Crippen molar-refractivity contribution in [3.05, 3.63) is 90.5 Å². The summed E-state index contributed by atoms with van der Waals surface area (Å²) in [6.07, 6.45) is 22.9. The summed E-state index contributed by atoms with van der Waals surface area (Å²) in [7, 11) is 0. The number of carbonyl (C=O) groups is 3. The van der Waals surface area contributed by atoms with Crippen molar-refractivity contribution in [1.82, 2.24) is 4.98 Å². The molecule has 0 spiro atoms. The van der Waals surface area contributed by atoms with Gasteiger partial charge >= 0.3 is 17.9 Å². The summed E-state index contributed by atoms with van der Waals surface area (Å²) in [5.74, 6) is 3.03. The molecule has 0 atom stereocenters. The minimum atomic E-state index is -0.478. The van der Waals surface area contributed by atoms with E-state index in [4.69, 9.17) is 38.5 Å². The fourth-order valence-electron chi connectivity index (χ4n) is 10.6. The van der Waals surface area contributed by atoms with Gasteiger partial charge in [0.15, 0.2) is 0 Å². The summed E-state index contributed by atoms with van der Waals surface area (Å²) in [5.41, 5.74) is 3.06. The van der Waals surface area contributed by atoms with Gasteiger partial charge in [0.2, 0.25) is 5.13 Å². The molecule has 12 nitrogen and oxygen atoms in total. The Bertz CT molecular complexity index is 2260. The van der Waals surface area contributed by atoms with Crippen LogP contribution in [0.4, 0.5) is 5.13 Å². The van der Waals surface area contributed by atoms with E-state index in [0.29, 0.717) is 75.3 Å². The molecule has 1 heterocycles. The van der Waals surface area contributed by atoms with Gasteiger partial charge in [-0.2, -0.15) is 5.10 Å². The van der Waals surface area contributed by atoms with E-state index in [1.807, 2.05) is 35.5 Å². The van der Waals surface area contributed by atoms with Crippen molar-refractivity contribution in [1.29, 1.82) is 0 Å². The third kappa shape index (κ3) is 16.7. The molecular formula is C58H77N3O9S. The van der Waals surface area contributed by atoms with Gasteiger partial charge in [-0.05, 0) is 148 Å². The molecule has 13 heteroatoms. The molecule has 3 aliphatic carbocycles. The highest BCUT2D eigenvalue weighted by Gasteiger charge is 2.34. The number of unbranched alkanes of at least 4 members (excludes halogenated alkanes) is 3. The van der Waals surface area contributed by atoms with E-state index in [-0.39, 0.29) is 37.0 Å². The van der Waals surface area contributed by atoms with Crippen molar-refractivity contribution in [2.45, 2.75) is 135 Å². The topological polar surface area (TPSA) is 135 Å². The second-order valence-corrected chi connectivity index (χ2v) is 20.7. The fourth-order valence-corrected chi connectivity index (χ4v) is 11.6. The Morgan fingerprint density at radius 2 is 1.35 bits per heavy atom. The minimum Gasteiger partial charge on any atom is -0.491 e. The minimum absolute atomic E-state index is 0.165. The highest BCUT2D eigenvalue weighted by Crippen LogP contribution is 2.45. The molecule has 3 fully saturated rings. The summed E-state index contributed by atoms with van der Waals surface area (Å²) in [4.78, 5) is 43.3. The van der Waals surface area contributed by atoms with Crippen LogP contribution < -0.4 is 19.2 Å². The third-order valence-electron chi connectivity index (χ3n) is 14.7. The Balaban J connectivity index is 0.926. The SMILES string of the molecule is C=CC(=O)OCCOCCOCCOc1ccc(OC(=O)C2CCC(C(=O)Oc3ccc(C4CCC(C5CCC(CCC)CC5)CC4)cc3/C=N/N(CCCCCC)c3nc4ccccc4s3)CC2)cc1. The average molecular weight is 992 g/mol. The van der Waals surface area contributed by atoms with E-state index in [0.717, 1.165) is 70.5 Å². The van der Waals surface area contributed by atoms with E-state index in [9.17, 15) is 14.4 Å². The number of hydrogen-bond acceptors (Lipinski definition) is 13. The van der Waals surface area contributed by atoms with E-state index < -0.39 is 5.97 Å². The largest absolute Gasteiger partial charge is 0.491 e. The molecule has 3 aliphatic rings. The van der Waals surface area contributed by atoms with Crippen LogP contribution in [0.5, 0.6) is 17.2 Å². The zero-order chi connectivity index (χ0) is 49.6. The monoisotopic (exact) mass is 992 g/mol. The maximum atomic E-state index is 14.0. The van der Waals surface area contributed by atoms with Crippen LogP contribution in [0.1, 0.15) is 146 Å². The summed E-state index contributed by atoms with van der Waals surface area (Å²) >= 11 is 1.65. The average Bonchev–Trinajstić information content (AvgIpc) is 3.84. The first-order valence-corrected chi connectivity index (χ1v) is 27.5. The molecule has 0 aliphatic heterocycles. The maximum Gasteiger partial charge on any atom is 0.330 e. The lowest BCUT2D eigenvalue weighted by Crippen LogP contribution is -2.30. The number of rotatable bonds is 27. The predicted octanol–water partition coefficient (Wildman–Crippen LogP) is 13.1. The molecule has 4 aromatic rings. The zero-order valence-electron chi connectivity index (χ0n) is 42.3. The van der Waals surface area contributed by atoms with Gasteiger partial charge < -0.3 is 28.4 Å². The molecule has 0 unspecified atom stereocenters. The van der Waals surface area contributed by atoms with Crippen molar-refractivity contribution in [2.24, 2.45) is 34.7 Å². The standard InChI is InChI=1S/C58H77N3O9S/c1-4-7-8-11-33-61(58-60-52-13-9-10-14-54(52)71-58)59-41-49-40-48(45-21-19-44(20-22-45)43-17-15-42(12-5-2)16-18-43)27-32-53(49)70-57(64)47-25-23-46(24-26-47)56(63)69-51-30-28-50(29-31-51)67-38-36-65-34-35-66-37-39-68-55(62)6-3/h6,9-10,13-14,27-32,40-47H,3-5,7-8,11-12,15-26,33-39H2,1-2H3/b59-41+. The number of fused-ring (bicyclic) bond motifs is 1. The van der Waals surface area contributed by atoms with Crippen LogP contribution in [0, 0.1) is 29.6 Å². The van der Waals surface area contributed by atoms with E-state index in [1.165, 1.54) is 76.2 Å². The lowest BCUT2D eigenvalue weighted by molar-refractivity contribution is -0.145. The molecule has 384 valence electrons. The number of anilines is 1. The number of hydrogen-bond donors (Lipinski definition) is 0. The number of esters is 3. The van der Waals surface area contributed by atoms with Crippen molar-refractivity contribution in [3.8, 4) is 17.2 Å². The van der Waals surface area contributed by atoms with Crippen LogP contribution in [-0.4, -0.2) is 75.3 Å². The molecule has 1 aromatic heterocycles. The fraction of sp³-hybridized carbons (Fsp3) is 0.569. The van der Waals surface area contributed by atoms with Crippen LogP contribution in [0.15, 0.2) is 84.5 Å². The first kappa shape index (κ1) is 53.7. The molecular weight excluding hydrogens is 915 g/mol. The number of benzene rings is 3. The van der Waals surface area contributed by atoms with Crippen molar-refractivity contribution < 1.29 is 42.8 Å². The van der Waals surface area contributed by atoms with Gasteiger partial charge in [-0.3, -0.25) is 9.59 Å². The first-order valence-electron chi connectivity index (χ1n) is 26.7. The molecule has 0 N–H and O–H groups in total. The summed E-state index contributed by atoms with van der Waals surface area (Å²) in [6.45, 7) is 10.5. The van der Waals surface area contributed by atoms with Gasteiger partial charge in [0.1, 0.15) is 30.5 Å².